The van der Waals surface area contributed by atoms with Crippen LogP contribution in [-0.2, 0) is 24.4 Å². The molecule has 0 aliphatic heterocycles. The zero-order valence-corrected chi connectivity index (χ0v) is 18.2. The van der Waals surface area contributed by atoms with Gasteiger partial charge in [0.1, 0.15) is 18.1 Å². The van der Waals surface area contributed by atoms with Crippen molar-refractivity contribution in [2.45, 2.75) is 38.6 Å². The van der Waals surface area contributed by atoms with Crippen molar-refractivity contribution in [1.82, 2.24) is 14.8 Å². The van der Waals surface area contributed by atoms with Gasteiger partial charge in [-0.2, -0.15) is 0 Å². The predicted octanol–water partition coefficient (Wildman–Crippen LogP) is 4.18. The lowest BCUT2D eigenvalue weighted by Gasteiger charge is -2.09. The smallest absolute Gasteiger partial charge is 0.234 e. The molecule has 0 fully saturated rings. The number of thioether (sulfide) groups is 1. The lowest BCUT2D eigenvalue weighted by atomic mass is 10.1. The van der Waals surface area contributed by atoms with Crippen LogP contribution in [-0.4, -0.2) is 33.5 Å². The Labute approximate surface area is 180 Å². The lowest BCUT2D eigenvalue weighted by Crippen LogP contribution is -2.15. The highest BCUT2D eigenvalue weighted by Gasteiger charge is 2.14. The van der Waals surface area contributed by atoms with Crippen molar-refractivity contribution in [3.05, 3.63) is 59.9 Å². The first-order valence-corrected chi connectivity index (χ1v) is 10.8. The van der Waals surface area contributed by atoms with Gasteiger partial charge in [-0.25, -0.2) is 0 Å². The topological polar surface area (TPSA) is 78.3 Å². The van der Waals surface area contributed by atoms with E-state index in [1.807, 2.05) is 60.0 Å². The number of aryl methyl sites for hydroxylation is 1. The molecule has 158 valence electrons. The first-order valence-electron chi connectivity index (χ1n) is 9.83. The molecule has 7 nitrogen and oxygen atoms in total. The van der Waals surface area contributed by atoms with E-state index in [9.17, 15) is 4.79 Å². The molecule has 3 aromatic rings. The second-order valence-corrected chi connectivity index (χ2v) is 7.44. The summed E-state index contributed by atoms with van der Waals surface area (Å²) < 4.78 is 12.9. The fraction of sp³-hybridized carbons (Fsp3) is 0.318. The van der Waals surface area contributed by atoms with Crippen LogP contribution < -0.4 is 14.8 Å². The number of nitrogens with zero attached hydrogens (tertiary/aromatic N) is 3. The van der Waals surface area contributed by atoms with Gasteiger partial charge in [0.2, 0.25) is 5.91 Å². The van der Waals surface area contributed by atoms with Crippen molar-refractivity contribution in [3.8, 4) is 11.5 Å². The van der Waals surface area contributed by atoms with Crippen molar-refractivity contribution in [2.24, 2.45) is 0 Å². The Morgan fingerprint density at radius 3 is 2.37 bits per heavy atom. The summed E-state index contributed by atoms with van der Waals surface area (Å²) in [6, 6.07) is 15.3. The van der Waals surface area contributed by atoms with Crippen molar-refractivity contribution >= 4 is 23.4 Å². The van der Waals surface area contributed by atoms with Gasteiger partial charge in [-0.15, -0.1) is 10.2 Å². The van der Waals surface area contributed by atoms with Gasteiger partial charge in [-0.1, -0.05) is 30.8 Å². The fourth-order valence-corrected chi connectivity index (χ4v) is 3.64. The third kappa shape index (κ3) is 5.76. The number of hydrogen-bond acceptors (Lipinski definition) is 6. The molecule has 0 aliphatic carbocycles. The van der Waals surface area contributed by atoms with Crippen LogP contribution in [0.25, 0.3) is 0 Å². The molecule has 0 radical (unpaired) electrons. The van der Waals surface area contributed by atoms with Crippen LogP contribution in [0.1, 0.15) is 25.2 Å². The van der Waals surface area contributed by atoms with Crippen LogP contribution in [0.5, 0.6) is 11.5 Å². The SMILES string of the molecule is CCc1ccc(NC(=O)CSc2nnc(COc3ccc(OC)cc3)n2CC)cc1. The molecule has 1 heterocycles. The lowest BCUT2D eigenvalue weighted by molar-refractivity contribution is -0.113. The third-order valence-corrected chi connectivity index (χ3v) is 5.48. The first-order chi connectivity index (χ1) is 14.6. The number of hydrogen-bond donors (Lipinski definition) is 1. The number of methoxy groups -OCH3 is 1. The summed E-state index contributed by atoms with van der Waals surface area (Å²) in [4.78, 5) is 12.3. The Bertz CT molecular complexity index is 956. The number of rotatable bonds is 10. The number of carbonyl (C=O) groups excluding carboxylic acids is 1. The van der Waals surface area contributed by atoms with Crippen LogP contribution in [0.2, 0.25) is 0 Å². The van der Waals surface area contributed by atoms with E-state index in [0.717, 1.165) is 23.6 Å². The van der Waals surface area contributed by atoms with Gasteiger partial charge in [0.15, 0.2) is 11.0 Å². The summed E-state index contributed by atoms with van der Waals surface area (Å²) in [6.07, 6.45) is 0.973. The largest absolute Gasteiger partial charge is 0.497 e. The first kappa shape index (κ1) is 21.7. The number of aromatic nitrogens is 3. The van der Waals surface area contributed by atoms with Crippen LogP contribution in [0.4, 0.5) is 5.69 Å². The highest BCUT2D eigenvalue weighted by atomic mass is 32.2. The van der Waals surface area contributed by atoms with E-state index in [-0.39, 0.29) is 11.7 Å². The molecule has 0 saturated heterocycles. The minimum Gasteiger partial charge on any atom is -0.497 e. The minimum atomic E-state index is -0.0778. The molecule has 0 saturated carbocycles. The molecule has 1 aromatic heterocycles. The Balaban J connectivity index is 1.54. The standard InChI is InChI=1S/C22H26N4O3S/c1-4-16-6-8-17(9-7-16)23-21(27)15-30-22-25-24-20(26(22)5-2)14-29-19-12-10-18(28-3)11-13-19/h6-13H,4-5,14-15H2,1-3H3,(H,23,27). The highest BCUT2D eigenvalue weighted by molar-refractivity contribution is 7.99. The van der Waals surface area contributed by atoms with Gasteiger partial charge < -0.3 is 19.4 Å². The van der Waals surface area contributed by atoms with Gasteiger partial charge >= 0.3 is 0 Å². The maximum atomic E-state index is 12.3. The number of amides is 1. The molecule has 0 bridgehead atoms. The highest BCUT2D eigenvalue weighted by Crippen LogP contribution is 2.21. The van der Waals surface area contributed by atoms with Gasteiger partial charge in [0.25, 0.3) is 0 Å². The zero-order chi connectivity index (χ0) is 21.3. The monoisotopic (exact) mass is 426 g/mol. The Morgan fingerprint density at radius 1 is 1.03 bits per heavy atom. The molecule has 1 amide bonds. The predicted molar refractivity (Wildman–Crippen MR) is 118 cm³/mol. The van der Waals surface area contributed by atoms with E-state index in [4.69, 9.17) is 9.47 Å². The van der Waals surface area contributed by atoms with E-state index in [1.165, 1.54) is 17.3 Å². The van der Waals surface area contributed by atoms with Crippen LogP contribution >= 0.6 is 11.8 Å². The molecular weight excluding hydrogens is 400 g/mol. The van der Waals surface area contributed by atoms with Crippen molar-refractivity contribution in [3.63, 3.8) is 0 Å². The maximum absolute atomic E-state index is 12.3. The van der Waals surface area contributed by atoms with Crippen molar-refractivity contribution < 1.29 is 14.3 Å². The van der Waals surface area contributed by atoms with Crippen molar-refractivity contribution in [2.75, 3.05) is 18.2 Å². The summed E-state index contributed by atoms with van der Waals surface area (Å²) in [5.41, 5.74) is 2.03. The summed E-state index contributed by atoms with van der Waals surface area (Å²) in [7, 11) is 1.63. The molecule has 0 atom stereocenters. The zero-order valence-electron chi connectivity index (χ0n) is 17.4. The second kappa shape index (κ2) is 10.7. The van der Waals surface area contributed by atoms with Crippen LogP contribution in [0.3, 0.4) is 0 Å². The summed E-state index contributed by atoms with van der Waals surface area (Å²) in [6.45, 7) is 5.10. The van der Waals surface area contributed by atoms with Gasteiger partial charge in [0.05, 0.1) is 12.9 Å². The van der Waals surface area contributed by atoms with E-state index >= 15 is 0 Å². The quantitative estimate of drug-likeness (QED) is 0.490. The van der Waals surface area contributed by atoms with E-state index < -0.39 is 0 Å². The fourth-order valence-electron chi connectivity index (χ4n) is 2.82. The number of carbonyl (C=O) groups is 1. The van der Waals surface area contributed by atoms with Gasteiger partial charge in [-0.3, -0.25) is 4.79 Å². The van der Waals surface area contributed by atoms with Gasteiger partial charge in [-0.05, 0) is 55.3 Å². The number of nitrogens with one attached hydrogen (secondary N) is 1. The normalized spacial score (nSPS) is 10.6. The summed E-state index contributed by atoms with van der Waals surface area (Å²) >= 11 is 1.36. The molecule has 0 unspecified atom stereocenters. The van der Waals surface area contributed by atoms with E-state index in [2.05, 4.69) is 22.4 Å². The Morgan fingerprint density at radius 2 is 1.73 bits per heavy atom. The molecular formula is C22H26N4O3S. The number of benzene rings is 2. The average molecular weight is 427 g/mol. The molecule has 1 N–H and O–H groups in total. The number of ether oxygens (including phenoxy) is 2. The van der Waals surface area contributed by atoms with Crippen molar-refractivity contribution in [1.29, 1.82) is 0 Å². The molecule has 0 spiro atoms. The third-order valence-electron chi connectivity index (χ3n) is 4.52. The van der Waals surface area contributed by atoms with E-state index in [0.29, 0.717) is 24.1 Å². The molecule has 3 rings (SSSR count). The summed E-state index contributed by atoms with van der Waals surface area (Å²) in [5, 5.41) is 12.1. The molecule has 30 heavy (non-hydrogen) atoms. The minimum absolute atomic E-state index is 0.0778. The molecule has 2 aromatic carbocycles. The Kier molecular flexibility index (Phi) is 7.73. The van der Waals surface area contributed by atoms with Crippen LogP contribution in [0, 0.1) is 0 Å². The average Bonchev–Trinajstić information content (AvgIpc) is 3.19. The van der Waals surface area contributed by atoms with E-state index in [1.54, 1.807) is 7.11 Å². The molecule has 8 heteroatoms. The van der Waals surface area contributed by atoms with Crippen LogP contribution in [0.15, 0.2) is 53.7 Å². The molecule has 0 aliphatic rings. The van der Waals surface area contributed by atoms with Gasteiger partial charge in [0, 0.05) is 12.2 Å². The Hall–Kier alpha value is -3.00. The second-order valence-electron chi connectivity index (χ2n) is 6.49. The summed E-state index contributed by atoms with van der Waals surface area (Å²) in [5.74, 6) is 2.39. The number of anilines is 1. The maximum Gasteiger partial charge on any atom is 0.234 e.